The van der Waals surface area contributed by atoms with E-state index in [9.17, 15) is 18.3 Å². The summed E-state index contributed by atoms with van der Waals surface area (Å²) >= 11 is 0. The molecule has 0 spiro atoms. The zero-order chi connectivity index (χ0) is 27.0. The molecule has 2 aliphatic rings. The van der Waals surface area contributed by atoms with Gasteiger partial charge in [0.15, 0.2) is 14.1 Å². The number of phenolic OH excluding ortho intramolecular Hbond substituents is 1. The molecule has 1 fully saturated rings. The van der Waals surface area contributed by atoms with Gasteiger partial charge >= 0.3 is 6.36 Å². The summed E-state index contributed by atoms with van der Waals surface area (Å²) in [6.45, 7) is 12.0. The number of rotatable bonds is 6. The van der Waals surface area contributed by atoms with Crippen LogP contribution in [0.4, 0.5) is 19.0 Å². The predicted molar refractivity (Wildman–Crippen MR) is 137 cm³/mol. The molecule has 0 bridgehead atoms. The van der Waals surface area contributed by atoms with E-state index in [0.29, 0.717) is 36.7 Å². The van der Waals surface area contributed by atoms with Gasteiger partial charge < -0.3 is 24.3 Å². The third-order valence-electron chi connectivity index (χ3n) is 7.66. The Morgan fingerprint density at radius 3 is 2.49 bits per heavy atom. The van der Waals surface area contributed by atoms with Crippen molar-refractivity contribution in [3.05, 3.63) is 29.3 Å². The number of benzene rings is 1. The molecule has 4 rings (SSSR count). The number of phenols is 1. The van der Waals surface area contributed by atoms with Crippen LogP contribution in [0.2, 0.25) is 18.1 Å². The van der Waals surface area contributed by atoms with Gasteiger partial charge in [0.2, 0.25) is 0 Å². The highest BCUT2D eigenvalue weighted by Crippen LogP contribution is 2.41. The zero-order valence-corrected chi connectivity index (χ0v) is 23.0. The maximum absolute atomic E-state index is 12.6. The summed E-state index contributed by atoms with van der Waals surface area (Å²) in [5, 5.41) is 23.1. The van der Waals surface area contributed by atoms with Crippen LogP contribution in [0, 0.1) is 0 Å². The van der Waals surface area contributed by atoms with Crippen LogP contribution in [0.1, 0.15) is 57.6 Å². The first-order chi connectivity index (χ1) is 17.2. The number of halogens is 3. The molecule has 2 heterocycles. The molecule has 2 atom stereocenters. The Morgan fingerprint density at radius 2 is 1.81 bits per heavy atom. The molecule has 1 saturated carbocycles. The molecule has 11 heteroatoms. The maximum atomic E-state index is 12.6. The number of fused-ring (bicyclic) bond motifs is 1. The first kappa shape index (κ1) is 27.7. The average Bonchev–Trinajstić information content (AvgIpc) is 2.79. The van der Waals surface area contributed by atoms with Crippen molar-refractivity contribution >= 4 is 14.1 Å². The molecule has 2 N–H and O–H groups in total. The zero-order valence-electron chi connectivity index (χ0n) is 22.0. The first-order valence-electron chi connectivity index (χ1n) is 12.7. The van der Waals surface area contributed by atoms with Crippen LogP contribution in [0.5, 0.6) is 11.5 Å². The number of hydrogen-bond acceptors (Lipinski definition) is 7. The smallest absolute Gasteiger partial charge is 0.507 e. The van der Waals surface area contributed by atoms with Gasteiger partial charge in [-0.25, -0.2) is 0 Å². The number of aromatic hydroxyl groups is 1. The Labute approximate surface area is 216 Å². The van der Waals surface area contributed by atoms with E-state index in [1.54, 1.807) is 0 Å². The van der Waals surface area contributed by atoms with Crippen molar-refractivity contribution in [1.29, 1.82) is 0 Å². The lowest BCUT2D eigenvalue weighted by atomic mass is 9.92. The van der Waals surface area contributed by atoms with Crippen LogP contribution in [0.15, 0.2) is 18.2 Å². The summed E-state index contributed by atoms with van der Waals surface area (Å²) < 4.78 is 54.2. The van der Waals surface area contributed by atoms with Gasteiger partial charge in [-0.05, 0) is 55.1 Å². The minimum atomic E-state index is -4.84. The molecule has 1 aliphatic carbocycles. The van der Waals surface area contributed by atoms with Crippen molar-refractivity contribution in [2.75, 3.05) is 11.9 Å². The van der Waals surface area contributed by atoms with Gasteiger partial charge in [-0.3, -0.25) is 0 Å². The van der Waals surface area contributed by atoms with Crippen molar-refractivity contribution in [3.8, 4) is 22.8 Å². The fraction of sp³-hybridized carbons (Fsp3) is 0.615. The number of anilines is 1. The second kappa shape index (κ2) is 10.4. The largest absolute Gasteiger partial charge is 0.573 e. The van der Waals surface area contributed by atoms with Crippen LogP contribution in [0.3, 0.4) is 0 Å². The van der Waals surface area contributed by atoms with E-state index < -0.39 is 20.4 Å². The quantitative estimate of drug-likeness (QED) is 0.402. The van der Waals surface area contributed by atoms with Gasteiger partial charge in [0.25, 0.3) is 0 Å². The van der Waals surface area contributed by atoms with Crippen LogP contribution in [-0.4, -0.2) is 48.7 Å². The van der Waals surface area contributed by atoms with Crippen LogP contribution in [-0.2, 0) is 22.2 Å². The molecule has 37 heavy (non-hydrogen) atoms. The predicted octanol–water partition coefficient (Wildman–Crippen LogP) is 6.57. The summed E-state index contributed by atoms with van der Waals surface area (Å²) in [5.74, 6) is -0.228. The van der Waals surface area contributed by atoms with Gasteiger partial charge in [0, 0.05) is 17.2 Å². The third kappa shape index (κ3) is 6.38. The minimum absolute atomic E-state index is 0.0708. The van der Waals surface area contributed by atoms with E-state index in [1.807, 2.05) is 0 Å². The number of nitrogens with zero attached hydrogens (tertiary/aromatic N) is 2. The highest BCUT2D eigenvalue weighted by Gasteiger charge is 2.41. The summed E-state index contributed by atoms with van der Waals surface area (Å²) in [6, 6.07) is 3.55. The fourth-order valence-electron chi connectivity index (χ4n) is 4.65. The Balaban J connectivity index is 1.62. The van der Waals surface area contributed by atoms with E-state index in [0.717, 1.165) is 48.9 Å². The second-order valence-corrected chi connectivity index (χ2v) is 16.1. The molecule has 1 aromatic heterocycles. The van der Waals surface area contributed by atoms with Crippen molar-refractivity contribution in [3.63, 3.8) is 0 Å². The number of hydrogen-bond donors (Lipinski definition) is 2. The van der Waals surface area contributed by atoms with E-state index in [-0.39, 0.29) is 22.9 Å². The molecular formula is C26H36F3N3O4Si. The minimum Gasteiger partial charge on any atom is -0.507 e. The van der Waals surface area contributed by atoms with E-state index in [1.165, 1.54) is 6.07 Å². The number of nitrogens with one attached hydrogen (secondary N) is 1. The molecule has 0 radical (unpaired) electrons. The van der Waals surface area contributed by atoms with Crippen LogP contribution < -0.4 is 10.1 Å². The molecule has 2 aromatic rings. The normalized spacial score (nSPS) is 20.9. The Bertz CT molecular complexity index is 1120. The van der Waals surface area contributed by atoms with E-state index >= 15 is 0 Å². The molecule has 1 aliphatic heterocycles. The fourth-order valence-corrected chi connectivity index (χ4v) is 6.05. The average molecular weight is 540 g/mol. The molecule has 7 nitrogen and oxygen atoms in total. The van der Waals surface area contributed by atoms with Gasteiger partial charge in [-0.2, -0.15) is 0 Å². The standard InChI is InChI=1S/C26H36F3N3O4Si/c1-25(2,3)37(4,5)36-22-9-7-6-8-20(22)30-24-19-15-34-13-12-17(19)23(31-32-24)18-11-10-16(14-21(18)33)35-26(27,28)29/h10-11,14,20,22,33H,6-9,12-13,15H2,1-5H3,(H,30,32)/t20-,22+/m1/s1. The number of ether oxygens (including phenoxy) is 2. The van der Waals surface area contributed by atoms with Crippen molar-refractivity contribution in [2.24, 2.45) is 0 Å². The van der Waals surface area contributed by atoms with Crippen molar-refractivity contribution < 1.29 is 32.2 Å². The first-order valence-corrected chi connectivity index (χ1v) is 15.7. The lowest BCUT2D eigenvalue weighted by Crippen LogP contribution is -2.50. The highest BCUT2D eigenvalue weighted by molar-refractivity contribution is 6.74. The Morgan fingerprint density at radius 1 is 1.08 bits per heavy atom. The SMILES string of the molecule is CC(C)(C)[Si](C)(C)O[C@H]1CCCC[C@H]1Nc1nnc(-c2ccc(OC(F)(F)F)cc2O)c2c1COCC2. The molecular weight excluding hydrogens is 503 g/mol. The summed E-state index contributed by atoms with van der Waals surface area (Å²) in [5.41, 5.74) is 2.44. The van der Waals surface area contributed by atoms with E-state index in [2.05, 4.69) is 54.1 Å². The lowest BCUT2D eigenvalue weighted by Gasteiger charge is -2.43. The summed E-state index contributed by atoms with van der Waals surface area (Å²) in [7, 11) is -1.97. The molecule has 0 amide bonds. The third-order valence-corrected chi connectivity index (χ3v) is 12.2. The monoisotopic (exact) mass is 539 g/mol. The second-order valence-electron chi connectivity index (χ2n) is 11.3. The Hall–Kier alpha value is -2.37. The van der Waals surface area contributed by atoms with Gasteiger partial charge in [-0.15, -0.1) is 23.4 Å². The molecule has 1 aromatic carbocycles. The molecule has 204 valence electrons. The Kier molecular flexibility index (Phi) is 7.78. The summed E-state index contributed by atoms with van der Waals surface area (Å²) in [6.07, 6.45) is -0.0710. The van der Waals surface area contributed by atoms with Crippen molar-refractivity contribution in [1.82, 2.24) is 10.2 Å². The van der Waals surface area contributed by atoms with Crippen LogP contribution >= 0.6 is 0 Å². The van der Waals surface area contributed by atoms with E-state index in [4.69, 9.17) is 9.16 Å². The number of alkyl halides is 3. The molecule has 0 unspecified atom stereocenters. The summed E-state index contributed by atoms with van der Waals surface area (Å²) in [4.78, 5) is 0. The van der Waals surface area contributed by atoms with Gasteiger partial charge in [0.1, 0.15) is 17.2 Å². The van der Waals surface area contributed by atoms with Crippen molar-refractivity contribution in [2.45, 2.75) is 96.1 Å². The maximum Gasteiger partial charge on any atom is 0.573 e. The topological polar surface area (TPSA) is 85.7 Å². The highest BCUT2D eigenvalue weighted by atomic mass is 28.4. The molecule has 0 saturated heterocycles. The van der Waals surface area contributed by atoms with Gasteiger partial charge in [0.05, 0.1) is 25.4 Å². The number of aromatic nitrogens is 2. The van der Waals surface area contributed by atoms with Crippen LogP contribution in [0.25, 0.3) is 11.3 Å². The lowest BCUT2D eigenvalue weighted by molar-refractivity contribution is -0.274. The van der Waals surface area contributed by atoms with Gasteiger partial charge in [-0.1, -0.05) is 33.6 Å².